The summed E-state index contributed by atoms with van der Waals surface area (Å²) < 4.78 is 0. The molecule has 1 aromatic carbocycles. The number of amides is 1. The monoisotopic (exact) mass is 297 g/mol. The average Bonchev–Trinajstić information content (AvgIpc) is 3.00. The van der Waals surface area contributed by atoms with E-state index in [1.54, 1.807) is 0 Å². The Morgan fingerprint density at radius 3 is 2.86 bits per heavy atom. The molecule has 3 rings (SSSR count). The van der Waals surface area contributed by atoms with E-state index in [0.717, 1.165) is 17.8 Å². The molecule has 0 aliphatic carbocycles. The highest BCUT2D eigenvalue weighted by atomic mass is 32.1. The van der Waals surface area contributed by atoms with Gasteiger partial charge in [0.15, 0.2) is 0 Å². The zero-order valence-corrected chi connectivity index (χ0v) is 12.3. The second-order valence-corrected chi connectivity index (χ2v) is 5.95. The summed E-state index contributed by atoms with van der Waals surface area (Å²) in [5.41, 5.74) is 2.57. The van der Waals surface area contributed by atoms with Gasteiger partial charge in [-0.15, -0.1) is 11.3 Å². The molecule has 0 spiro atoms. The molecule has 1 amide bonds. The maximum atomic E-state index is 12.5. The maximum absolute atomic E-state index is 12.5. The number of hydrogen-bond acceptors (Lipinski definition) is 3. The van der Waals surface area contributed by atoms with Crippen molar-refractivity contribution >= 4 is 17.2 Å². The van der Waals surface area contributed by atoms with Gasteiger partial charge < -0.3 is 10.0 Å². The van der Waals surface area contributed by atoms with Gasteiger partial charge in [0.25, 0.3) is 5.91 Å². The molecule has 0 fully saturated rings. The third kappa shape index (κ3) is 2.99. The fourth-order valence-corrected chi connectivity index (χ4v) is 3.32. The predicted octanol–water partition coefficient (Wildman–Crippen LogP) is 2.29. The van der Waals surface area contributed by atoms with E-state index in [0.29, 0.717) is 11.4 Å². The lowest BCUT2D eigenvalue weighted by atomic mass is 10.00. The summed E-state index contributed by atoms with van der Waals surface area (Å²) in [6.07, 6.45) is 0.907. The molecule has 4 heteroatoms. The molecule has 1 N–H and O–H groups in total. The molecule has 0 unspecified atom stereocenters. The summed E-state index contributed by atoms with van der Waals surface area (Å²) in [7, 11) is 0. The van der Waals surface area contributed by atoms with Crippen LogP contribution in [-0.4, -0.2) is 29.1 Å². The van der Waals surface area contributed by atoms with Crippen LogP contribution in [-0.2, 0) is 13.0 Å². The van der Waals surface area contributed by atoms with Crippen molar-refractivity contribution in [1.82, 2.24) is 4.90 Å². The summed E-state index contributed by atoms with van der Waals surface area (Å²) in [6.45, 7) is 1.26. The van der Waals surface area contributed by atoms with Gasteiger partial charge in [0.1, 0.15) is 6.61 Å². The molecule has 2 heterocycles. The minimum atomic E-state index is -0.163. The lowest BCUT2D eigenvalue weighted by Gasteiger charge is -2.28. The largest absolute Gasteiger partial charge is 0.384 e. The van der Waals surface area contributed by atoms with Crippen LogP contribution < -0.4 is 0 Å². The Morgan fingerprint density at radius 1 is 1.24 bits per heavy atom. The topological polar surface area (TPSA) is 40.5 Å². The quantitative estimate of drug-likeness (QED) is 0.821. The number of carbonyl (C=O) groups excluding carboxylic acids is 1. The summed E-state index contributed by atoms with van der Waals surface area (Å²) >= 11 is 1.38. The van der Waals surface area contributed by atoms with Crippen LogP contribution in [0.5, 0.6) is 0 Å². The van der Waals surface area contributed by atoms with E-state index in [4.69, 9.17) is 5.11 Å². The number of fused-ring (bicyclic) bond motifs is 1. The minimum Gasteiger partial charge on any atom is -0.384 e. The van der Waals surface area contributed by atoms with Crippen molar-refractivity contribution in [3.05, 3.63) is 57.3 Å². The van der Waals surface area contributed by atoms with Crippen LogP contribution in [0.1, 0.15) is 25.7 Å². The number of carbonyl (C=O) groups is 1. The number of aliphatic hydroxyl groups excluding tert-OH is 1. The number of nitrogens with zero attached hydrogens (tertiary/aromatic N) is 1. The van der Waals surface area contributed by atoms with E-state index < -0.39 is 0 Å². The van der Waals surface area contributed by atoms with Gasteiger partial charge in [-0.25, -0.2) is 0 Å². The van der Waals surface area contributed by atoms with Crippen LogP contribution >= 0.6 is 11.3 Å². The number of rotatable bonds is 1. The van der Waals surface area contributed by atoms with Gasteiger partial charge >= 0.3 is 0 Å². The summed E-state index contributed by atoms with van der Waals surface area (Å²) in [4.78, 5) is 15.9. The molecule has 1 aromatic heterocycles. The first kappa shape index (κ1) is 13.9. The normalized spacial score (nSPS) is 13.3. The van der Waals surface area contributed by atoms with Crippen molar-refractivity contribution in [1.29, 1.82) is 0 Å². The van der Waals surface area contributed by atoms with Gasteiger partial charge in [-0.05, 0) is 29.7 Å². The number of hydrogen-bond donors (Lipinski definition) is 1. The highest BCUT2D eigenvalue weighted by molar-refractivity contribution is 7.14. The fraction of sp³-hybridized carbons (Fsp3) is 0.235. The second kappa shape index (κ2) is 6.13. The van der Waals surface area contributed by atoms with Crippen LogP contribution in [0.4, 0.5) is 0 Å². The van der Waals surface area contributed by atoms with Crippen molar-refractivity contribution in [3.63, 3.8) is 0 Å². The molecular formula is C17H15NO2S. The Labute approximate surface area is 127 Å². The maximum Gasteiger partial charge on any atom is 0.264 e. The van der Waals surface area contributed by atoms with Gasteiger partial charge in [-0.3, -0.25) is 4.79 Å². The zero-order valence-electron chi connectivity index (χ0n) is 11.5. The standard InChI is InChI=1S/C17H15NO2S/c19-11-3-6-15-7-8-16(21-15)17(20)18-10-9-13-4-1-2-5-14(13)12-18/h1-2,4-5,7-8,19H,9-12H2. The lowest BCUT2D eigenvalue weighted by molar-refractivity contribution is 0.0739. The van der Waals surface area contributed by atoms with Gasteiger partial charge in [0, 0.05) is 13.1 Å². The van der Waals surface area contributed by atoms with Gasteiger partial charge in [-0.2, -0.15) is 0 Å². The Morgan fingerprint density at radius 2 is 2.05 bits per heavy atom. The van der Waals surface area contributed by atoms with Crippen molar-refractivity contribution < 1.29 is 9.90 Å². The van der Waals surface area contributed by atoms with Gasteiger partial charge in [-0.1, -0.05) is 36.1 Å². The number of benzene rings is 1. The van der Waals surface area contributed by atoms with Crippen LogP contribution in [0.3, 0.4) is 0 Å². The predicted molar refractivity (Wildman–Crippen MR) is 83.2 cm³/mol. The van der Waals surface area contributed by atoms with Crippen molar-refractivity contribution in [2.45, 2.75) is 13.0 Å². The molecule has 0 radical (unpaired) electrons. The molecule has 0 saturated heterocycles. The molecule has 0 atom stereocenters. The number of aliphatic hydroxyl groups is 1. The van der Waals surface area contributed by atoms with E-state index in [1.807, 2.05) is 29.2 Å². The Hall–Kier alpha value is -2.09. The van der Waals surface area contributed by atoms with Crippen LogP contribution in [0.25, 0.3) is 0 Å². The third-order valence-corrected chi connectivity index (χ3v) is 4.51. The van der Waals surface area contributed by atoms with Crippen LogP contribution in [0.2, 0.25) is 0 Å². The Kier molecular flexibility index (Phi) is 4.05. The molecule has 1 aliphatic heterocycles. The molecule has 0 bridgehead atoms. The Bertz CT molecular complexity index is 724. The van der Waals surface area contributed by atoms with Gasteiger partial charge in [0.2, 0.25) is 0 Å². The Balaban J connectivity index is 1.76. The smallest absolute Gasteiger partial charge is 0.264 e. The molecule has 2 aromatic rings. The van der Waals surface area contributed by atoms with E-state index in [2.05, 4.69) is 24.0 Å². The van der Waals surface area contributed by atoms with Crippen molar-refractivity contribution in [2.75, 3.05) is 13.2 Å². The van der Waals surface area contributed by atoms with E-state index in [1.165, 1.54) is 22.5 Å². The molecule has 3 nitrogen and oxygen atoms in total. The average molecular weight is 297 g/mol. The first-order valence-electron chi connectivity index (χ1n) is 6.83. The van der Waals surface area contributed by atoms with Gasteiger partial charge in [0.05, 0.1) is 9.75 Å². The highest BCUT2D eigenvalue weighted by Gasteiger charge is 2.22. The lowest BCUT2D eigenvalue weighted by Crippen LogP contribution is -2.35. The molecule has 21 heavy (non-hydrogen) atoms. The molecular weight excluding hydrogens is 282 g/mol. The first-order chi connectivity index (χ1) is 10.3. The molecule has 0 saturated carbocycles. The highest BCUT2D eigenvalue weighted by Crippen LogP contribution is 2.23. The molecule has 1 aliphatic rings. The van der Waals surface area contributed by atoms with E-state index in [9.17, 15) is 4.79 Å². The third-order valence-electron chi connectivity index (χ3n) is 3.53. The van der Waals surface area contributed by atoms with Crippen molar-refractivity contribution in [3.8, 4) is 11.8 Å². The SMILES string of the molecule is O=C(c1ccc(C#CCO)s1)N1CCc2ccccc2C1. The number of thiophene rings is 1. The first-order valence-corrected chi connectivity index (χ1v) is 7.65. The summed E-state index contributed by atoms with van der Waals surface area (Å²) in [5, 5.41) is 8.70. The van der Waals surface area contributed by atoms with Crippen LogP contribution in [0.15, 0.2) is 36.4 Å². The van der Waals surface area contributed by atoms with E-state index >= 15 is 0 Å². The van der Waals surface area contributed by atoms with E-state index in [-0.39, 0.29) is 12.5 Å². The summed E-state index contributed by atoms with van der Waals surface area (Å²) in [6, 6.07) is 11.9. The van der Waals surface area contributed by atoms with Crippen LogP contribution in [0, 0.1) is 11.8 Å². The minimum absolute atomic E-state index is 0.0616. The molecule has 106 valence electrons. The second-order valence-electron chi connectivity index (χ2n) is 4.87. The zero-order chi connectivity index (χ0) is 14.7. The fourth-order valence-electron chi connectivity index (χ4n) is 2.47. The van der Waals surface area contributed by atoms with Crippen molar-refractivity contribution in [2.24, 2.45) is 0 Å². The summed E-state index contributed by atoms with van der Waals surface area (Å²) in [5.74, 6) is 5.50.